The van der Waals surface area contributed by atoms with Crippen molar-refractivity contribution in [3.63, 3.8) is 0 Å². The van der Waals surface area contributed by atoms with Crippen LogP contribution in [0.2, 0.25) is 0 Å². The zero-order valence-electron chi connectivity index (χ0n) is 11.9. The van der Waals surface area contributed by atoms with Crippen molar-refractivity contribution in [3.05, 3.63) is 69.3 Å². The summed E-state index contributed by atoms with van der Waals surface area (Å²) in [5.74, 6) is 0. The summed E-state index contributed by atoms with van der Waals surface area (Å²) in [6.45, 7) is 5.94. The van der Waals surface area contributed by atoms with E-state index in [1.165, 1.54) is 5.56 Å². The van der Waals surface area contributed by atoms with Crippen molar-refractivity contribution >= 4 is 11.4 Å². The van der Waals surface area contributed by atoms with Gasteiger partial charge in [0.2, 0.25) is 0 Å². The molecule has 20 heavy (non-hydrogen) atoms. The van der Waals surface area contributed by atoms with Gasteiger partial charge in [-0.05, 0) is 38.0 Å². The second kappa shape index (κ2) is 5.74. The van der Waals surface area contributed by atoms with Crippen LogP contribution in [0.5, 0.6) is 0 Å². The Morgan fingerprint density at radius 1 is 1.05 bits per heavy atom. The molecule has 1 atom stereocenters. The van der Waals surface area contributed by atoms with Gasteiger partial charge in [-0.1, -0.05) is 29.8 Å². The van der Waals surface area contributed by atoms with Gasteiger partial charge in [-0.2, -0.15) is 0 Å². The van der Waals surface area contributed by atoms with E-state index in [0.29, 0.717) is 0 Å². The van der Waals surface area contributed by atoms with Crippen LogP contribution in [0.15, 0.2) is 42.5 Å². The van der Waals surface area contributed by atoms with Crippen molar-refractivity contribution in [2.75, 3.05) is 5.32 Å². The summed E-state index contributed by atoms with van der Waals surface area (Å²) in [5, 5.41) is 14.2. The lowest BCUT2D eigenvalue weighted by atomic mass is 10.1. The molecule has 0 heterocycles. The Bertz CT molecular complexity index is 621. The van der Waals surface area contributed by atoms with Crippen LogP contribution in [0.1, 0.15) is 29.7 Å². The quantitative estimate of drug-likeness (QED) is 0.662. The average molecular weight is 270 g/mol. The highest BCUT2D eigenvalue weighted by Gasteiger charge is 2.10. The van der Waals surface area contributed by atoms with Crippen LogP contribution in [-0.4, -0.2) is 4.92 Å². The van der Waals surface area contributed by atoms with Gasteiger partial charge < -0.3 is 5.32 Å². The van der Waals surface area contributed by atoms with Gasteiger partial charge in [0.05, 0.1) is 4.92 Å². The maximum absolute atomic E-state index is 10.9. The minimum absolute atomic E-state index is 0.0944. The number of nitrogens with one attached hydrogen (secondary N) is 1. The Labute approximate surface area is 118 Å². The average Bonchev–Trinajstić information content (AvgIpc) is 2.38. The largest absolute Gasteiger partial charge is 0.378 e. The van der Waals surface area contributed by atoms with E-state index in [0.717, 1.165) is 16.8 Å². The van der Waals surface area contributed by atoms with Crippen molar-refractivity contribution in [1.82, 2.24) is 0 Å². The third kappa shape index (κ3) is 3.35. The van der Waals surface area contributed by atoms with E-state index in [4.69, 9.17) is 0 Å². The number of nitrogens with zero attached hydrogens (tertiary/aromatic N) is 1. The Hall–Kier alpha value is -2.36. The van der Waals surface area contributed by atoms with Gasteiger partial charge in [0.15, 0.2) is 0 Å². The molecule has 4 heteroatoms. The van der Waals surface area contributed by atoms with E-state index in [9.17, 15) is 10.1 Å². The number of nitro benzene ring substituents is 1. The predicted molar refractivity (Wildman–Crippen MR) is 81.1 cm³/mol. The van der Waals surface area contributed by atoms with Crippen LogP contribution >= 0.6 is 0 Å². The first-order chi connectivity index (χ1) is 9.45. The fraction of sp³-hybridized carbons (Fsp3) is 0.250. The SMILES string of the molecule is Cc1ccc(C(C)Nc2cc(C)cc([N+](=O)[O-])c2)cc1. The minimum atomic E-state index is -0.366. The molecule has 2 aromatic carbocycles. The number of hydrogen-bond donors (Lipinski definition) is 1. The first-order valence-electron chi connectivity index (χ1n) is 6.55. The topological polar surface area (TPSA) is 55.2 Å². The summed E-state index contributed by atoms with van der Waals surface area (Å²) < 4.78 is 0. The molecule has 0 radical (unpaired) electrons. The molecule has 2 aromatic rings. The molecule has 0 fully saturated rings. The number of non-ortho nitro benzene ring substituents is 1. The Morgan fingerprint density at radius 3 is 2.30 bits per heavy atom. The van der Waals surface area contributed by atoms with Crippen molar-refractivity contribution in [2.45, 2.75) is 26.8 Å². The maximum Gasteiger partial charge on any atom is 0.271 e. The van der Waals surface area contributed by atoms with Gasteiger partial charge in [-0.15, -0.1) is 0 Å². The molecule has 2 rings (SSSR count). The number of hydrogen-bond acceptors (Lipinski definition) is 3. The van der Waals surface area contributed by atoms with Crippen LogP contribution < -0.4 is 5.32 Å². The molecule has 0 saturated carbocycles. The zero-order valence-corrected chi connectivity index (χ0v) is 11.9. The van der Waals surface area contributed by atoms with Crippen LogP contribution in [-0.2, 0) is 0 Å². The molecule has 1 N–H and O–H groups in total. The van der Waals surface area contributed by atoms with Crippen LogP contribution in [0, 0.1) is 24.0 Å². The molecule has 0 saturated heterocycles. The highest BCUT2D eigenvalue weighted by molar-refractivity contribution is 5.54. The van der Waals surface area contributed by atoms with Gasteiger partial charge in [-0.25, -0.2) is 0 Å². The van der Waals surface area contributed by atoms with E-state index in [1.807, 2.05) is 26.8 Å². The van der Waals surface area contributed by atoms with Crippen molar-refractivity contribution < 1.29 is 4.92 Å². The lowest BCUT2D eigenvalue weighted by Crippen LogP contribution is -2.07. The monoisotopic (exact) mass is 270 g/mol. The molecule has 0 aliphatic carbocycles. The van der Waals surface area contributed by atoms with Crippen LogP contribution in [0.4, 0.5) is 11.4 Å². The highest BCUT2D eigenvalue weighted by Crippen LogP contribution is 2.24. The van der Waals surface area contributed by atoms with Gasteiger partial charge in [-0.3, -0.25) is 10.1 Å². The zero-order chi connectivity index (χ0) is 14.7. The van der Waals surface area contributed by atoms with Gasteiger partial charge in [0.1, 0.15) is 0 Å². The second-order valence-corrected chi connectivity index (χ2v) is 5.09. The molecule has 0 aromatic heterocycles. The maximum atomic E-state index is 10.9. The normalized spacial score (nSPS) is 11.9. The van der Waals surface area contributed by atoms with E-state index in [2.05, 4.69) is 29.6 Å². The lowest BCUT2D eigenvalue weighted by Gasteiger charge is -2.16. The summed E-state index contributed by atoms with van der Waals surface area (Å²) in [6.07, 6.45) is 0. The molecule has 0 aliphatic rings. The highest BCUT2D eigenvalue weighted by atomic mass is 16.6. The van der Waals surface area contributed by atoms with E-state index < -0.39 is 0 Å². The fourth-order valence-electron chi connectivity index (χ4n) is 2.14. The van der Waals surface area contributed by atoms with Crippen molar-refractivity contribution in [2.24, 2.45) is 0 Å². The van der Waals surface area contributed by atoms with E-state index >= 15 is 0 Å². The Kier molecular flexibility index (Phi) is 4.03. The number of nitro groups is 1. The third-order valence-electron chi connectivity index (χ3n) is 3.23. The van der Waals surface area contributed by atoms with E-state index in [1.54, 1.807) is 12.1 Å². The van der Waals surface area contributed by atoms with Crippen LogP contribution in [0.3, 0.4) is 0 Å². The van der Waals surface area contributed by atoms with Gasteiger partial charge >= 0.3 is 0 Å². The summed E-state index contributed by atoms with van der Waals surface area (Å²) >= 11 is 0. The molecule has 0 amide bonds. The smallest absolute Gasteiger partial charge is 0.271 e. The van der Waals surface area contributed by atoms with Gasteiger partial charge in [0, 0.05) is 23.9 Å². The standard InChI is InChI=1S/C16H18N2O2/c1-11-4-6-14(7-5-11)13(3)17-15-8-12(2)9-16(10-15)18(19)20/h4-10,13,17H,1-3H3. The number of rotatable bonds is 4. The summed E-state index contributed by atoms with van der Waals surface area (Å²) in [4.78, 5) is 10.5. The van der Waals surface area contributed by atoms with Crippen LogP contribution in [0.25, 0.3) is 0 Å². The van der Waals surface area contributed by atoms with Crippen molar-refractivity contribution in [3.8, 4) is 0 Å². The number of anilines is 1. The molecular formula is C16H18N2O2. The first kappa shape index (κ1) is 14.1. The summed E-state index contributed by atoms with van der Waals surface area (Å²) in [6, 6.07) is 13.4. The van der Waals surface area contributed by atoms with E-state index in [-0.39, 0.29) is 16.7 Å². The molecule has 1 unspecified atom stereocenters. The predicted octanol–water partition coefficient (Wildman–Crippen LogP) is 4.38. The molecule has 4 nitrogen and oxygen atoms in total. The third-order valence-corrected chi connectivity index (χ3v) is 3.23. The lowest BCUT2D eigenvalue weighted by molar-refractivity contribution is -0.384. The second-order valence-electron chi connectivity index (χ2n) is 5.09. The molecule has 0 spiro atoms. The molecular weight excluding hydrogens is 252 g/mol. The molecule has 0 bridgehead atoms. The minimum Gasteiger partial charge on any atom is -0.378 e. The molecule has 0 aliphatic heterocycles. The summed E-state index contributed by atoms with van der Waals surface area (Å²) in [7, 11) is 0. The first-order valence-corrected chi connectivity index (χ1v) is 6.55. The Balaban J connectivity index is 2.21. The number of benzene rings is 2. The number of aryl methyl sites for hydroxylation is 2. The van der Waals surface area contributed by atoms with Crippen molar-refractivity contribution in [1.29, 1.82) is 0 Å². The summed E-state index contributed by atoms with van der Waals surface area (Å²) in [5.41, 5.74) is 4.12. The fourth-order valence-corrected chi connectivity index (χ4v) is 2.14. The Morgan fingerprint density at radius 2 is 1.70 bits per heavy atom. The van der Waals surface area contributed by atoms with Gasteiger partial charge in [0.25, 0.3) is 5.69 Å². The molecule has 104 valence electrons.